The lowest BCUT2D eigenvalue weighted by Gasteiger charge is -2.06. The lowest BCUT2D eigenvalue weighted by Crippen LogP contribution is -2.28. The van der Waals surface area contributed by atoms with Crippen LogP contribution < -0.4 is 10.0 Å². The largest absolute Gasteiger partial charge is 0.328 e. The lowest BCUT2D eigenvalue weighted by molar-refractivity contribution is -0.117. The molecule has 3 rings (SSSR count). The van der Waals surface area contributed by atoms with Gasteiger partial charge >= 0.3 is 11.8 Å². The minimum atomic E-state index is -3.95. The van der Waals surface area contributed by atoms with Crippen LogP contribution in [-0.4, -0.2) is 40.3 Å². The van der Waals surface area contributed by atoms with Gasteiger partial charge in [0.2, 0.25) is 11.7 Å². The number of sulfonamides is 1. The Morgan fingerprint density at radius 1 is 1.11 bits per heavy atom. The van der Waals surface area contributed by atoms with Gasteiger partial charge in [-0.15, -0.1) is 0 Å². The van der Waals surface area contributed by atoms with E-state index in [1.807, 2.05) is 4.72 Å². The Morgan fingerprint density at radius 3 is 2.48 bits per heavy atom. The van der Waals surface area contributed by atoms with Crippen LogP contribution in [0.25, 0.3) is 11.5 Å². The van der Waals surface area contributed by atoms with Crippen LogP contribution in [0.3, 0.4) is 0 Å². The van der Waals surface area contributed by atoms with Crippen molar-refractivity contribution in [1.82, 2.24) is 24.8 Å². The Balaban J connectivity index is 1.72. The topological polar surface area (TPSA) is 157 Å². The summed E-state index contributed by atoms with van der Waals surface area (Å²) < 4.78 is 30.5. The molecule has 2 heterocycles. The highest BCUT2D eigenvalue weighted by Crippen LogP contribution is 2.16. The third-order valence-electron chi connectivity index (χ3n) is 3.11. The van der Waals surface area contributed by atoms with Gasteiger partial charge in [-0.25, -0.2) is 18.1 Å². The highest BCUT2D eigenvalue weighted by atomic mass is 32.2. The van der Waals surface area contributed by atoms with Crippen molar-refractivity contribution in [2.75, 3.05) is 5.32 Å². The van der Waals surface area contributed by atoms with Crippen LogP contribution in [0.2, 0.25) is 0 Å². The minimum absolute atomic E-state index is 0.102. The third kappa shape index (κ3) is 4.30. The van der Waals surface area contributed by atoms with Gasteiger partial charge < -0.3 is 9.84 Å². The molecule has 0 radical (unpaired) electrons. The van der Waals surface area contributed by atoms with E-state index in [-0.39, 0.29) is 16.6 Å². The summed E-state index contributed by atoms with van der Waals surface area (Å²) in [5.74, 6) is -1.59. The van der Waals surface area contributed by atoms with Crippen molar-refractivity contribution in [3.05, 3.63) is 48.7 Å². The molecule has 0 unspecified atom stereocenters. The van der Waals surface area contributed by atoms with Crippen molar-refractivity contribution in [3.63, 3.8) is 0 Å². The second kappa shape index (κ2) is 7.29. The fourth-order valence-corrected chi connectivity index (χ4v) is 2.98. The molecule has 0 aliphatic rings. The molecular weight excluding hydrogens is 376 g/mol. The number of rotatable bonds is 5. The average molecular weight is 388 g/mol. The predicted octanol–water partition coefficient (Wildman–Crippen LogP) is 0.604. The molecule has 2 amide bonds. The van der Waals surface area contributed by atoms with Gasteiger partial charge in [0.15, 0.2) is 0 Å². The van der Waals surface area contributed by atoms with Gasteiger partial charge in [-0.3, -0.25) is 14.6 Å². The first kappa shape index (κ1) is 18.1. The van der Waals surface area contributed by atoms with Gasteiger partial charge in [0.25, 0.3) is 10.0 Å². The van der Waals surface area contributed by atoms with Crippen molar-refractivity contribution >= 4 is 27.5 Å². The van der Waals surface area contributed by atoms with Crippen molar-refractivity contribution in [1.29, 1.82) is 0 Å². The molecule has 0 fully saturated rings. The molecule has 0 aliphatic carbocycles. The quantitative estimate of drug-likeness (QED) is 0.638. The smallest absolute Gasteiger partial charge is 0.316 e. The van der Waals surface area contributed by atoms with Crippen LogP contribution in [0.1, 0.15) is 17.6 Å². The van der Waals surface area contributed by atoms with Gasteiger partial charge in [0.1, 0.15) is 5.69 Å². The fourth-order valence-electron chi connectivity index (χ4n) is 1.98. The number of nitrogens with one attached hydrogen (secondary N) is 2. The van der Waals surface area contributed by atoms with Crippen molar-refractivity contribution in [2.45, 2.75) is 11.8 Å². The predicted molar refractivity (Wildman–Crippen MR) is 90.7 cm³/mol. The van der Waals surface area contributed by atoms with E-state index < -0.39 is 21.8 Å². The number of hydrogen-bond acceptors (Lipinski definition) is 9. The van der Waals surface area contributed by atoms with Crippen LogP contribution in [0.4, 0.5) is 5.69 Å². The van der Waals surface area contributed by atoms with Crippen molar-refractivity contribution in [2.24, 2.45) is 0 Å². The molecule has 2 N–H and O–H groups in total. The Hall–Kier alpha value is -3.67. The maximum Gasteiger partial charge on any atom is 0.316 e. The maximum absolute atomic E-state index is 12.2. The molecule has 0 spiro atoms. The normalized spacial score (nSPS) is 11.0. The summed E-state index contributed by atoms with van der Waals surface area (Å²) in [6.45, 7) is 1.09. The van der Waals surface area contributed by atoms with Crippen LogP contribution in [0.15, 0.2) is 52.3 Å². The molecule has 11 nitrogen and oxygen atoms in total. The zero-order valence-electron chi connectivity index (χ0n) is 13.8. The van der Waals surface area contributed by atoms with E-state index in [1.54, 1.807) is 0 Å². The summed E-state index contributed by atoms with van der Waals surface area (Å²) in [5, 5.41) is 6.14. The molecule has 2 aromatic heterocycles. The number of carbonyl (C=O) groups is 2. The molecule has 0 bridgehead atoms. The third-order valence-corrected chi connectivity index (χ3v) is 4.56. The zero-order valence-corrected chi connectivity index (χ0v) is 14.6. The second-order valence-electron chi connectivity index (χ2n) is 5.15. The minimum Gasteiger partial charge on any atom is -0.328 e. The summed E-state index contributed by atoms with van der Waals surface area (Å²) in [7, 11) is -3.95. The molecular formula is C15H12N6O5S. The van der Waals surface area contributed by atoms with Gasteiger partial charge in [0, 0.05) is 25.0 Å². The fraction of sp³-hybridized carbons (Fsp3) is 0.0667. The van der Waals surface area contributed by atoms with Crippen molar-refractivity contribution < 1.29 is 22.5 Å². The zero-order chi connectivity index (χ0) is 19.4. The van der Waals surface area contributed by atoms with E-state index in [9.17, 15) is 18.0 Å². The van der Waals surface area contributed by atoms with Gasteiger partial charge in [-0.2, -0.15) is 4.98 Å². The first-order valence-electron chi connectivity index (χ1n) is 7.40. The highest BCUT2D eigenvalue weighted by Gasteiger charge is 2.18. The van der Waals surface area contributed by atoms with E-state index >= 15 is 0 Å². The lowest BCUT2D eigenvalue weighted by atomic mass is 10.3. The first-order valence-corrected chi connectivity index (χ1v) is 8.88. The van der Waals surface area contributed by atoms with Crippen LogP contribution in [0.5, 0.6) is 0 Å². The van der Waals surface area contributed by atoms with Gasteiger partial charge in [-0.05, 0) is 24.3 Å². The molecule has 138 valence electrons. The average Bonchev–Trinajstić information content (AvgIpc) is 3.12. The maximum atomic E-state index is 12.2. The number of carbonyl (C=O) groups excluding carboxylic acids is 2. The Bertz CT molecular complexity index is 1080. The Labute approximate surface area is 152 Å². The second-order valence-corrected chi connectivity index (χ2v) is 6.84. The number of amides is 2. The molecule has 0 aliphatic heterocycles. The molecule has 0 atom stereocenters. The number of nitrogens with zero attached hydrogens (tertiary/aromatic N) is 4. The van der Waals surface area contributed by atoms with Gasteiger partial charge in [0.05, 0.1) is 11.1 Å². The summed E-state index contributed by atoms with van der Waals surface area (Å²) in [6, 6.07) is 5.18. The Morgan fingerprint density at radius 2 is 1.85 bits per heavy atom. The molecule has 27 heavy (non-hydrogen) atoms. The molecule has 3 aromatic rings. The molecule has 0 saturated carbocycles. The summed E-state index contributed by atoms with van der Waals surface area (Å²) >= 11 is 0. The Kier molecular flexibility index (Phi) is 4.90. The van der Waals surface area contributed by atoms with E-state index in [1.165, 1.54) is 42.9 Å². The highest BCUT2D eigenvalue weighted by molar-refractivity contribution is 7.90. The van der Waals surface area contributed by atoms with E-state index in [0.717, 1.165) is 6.92 Å². The van der Waals surface area contributed by atoms with Crippen molar-refractivity contribution in [3.8, 4) is 11.5 Å². The van der Waals surface area contributed by atoms with E-state index in [2.05, 4.69) is 25.4 Å². The first-order chi connectivity index (χ1) is 12.8. The van der Waals surface area contributed by atoms with Crippen LogP contribution in [0, 0.1) is 0 Å². The number of aromatic nitrogens is 4. The molecule has 0 saturated heterocycles. The summed E-state index contributed by atoms with van der Waals surface area (Å²) in [4.78, 5) is 34.8. The standard InChI is InChI=1S/C15H12N6O5S/c1-9(22)21-27(24,25)11-4-2-10(3-5-11)18-14(23)15-19-13(20-26-15)12-8-16-6-7-17-12/h2-8H,1H3,(H,18,23)(H,21,22). The van der Waals surface area contributed by atoms with E-state index in [4.69, 9.17) is 4.52 Å². The van der Waals surface area contributed by atoms with Crippen LogP contribution in [-0.2, 0) is 14.8 Å². The molecule has 12 heteroatoms. The van der Waals surface area contributed by atoms with Crippen LogP contribution >= 0.6 is 0 Å². The summed E-state index contributed by atoms with van der Waals surface area (Å²) in [5.41, 5.74) is 0.633. The van der Waals surface area contributed by atoms with Gasteiger partial charge in [-0.1, -0.05) is 5.16 Å². The monoisotopic (exact) mass is 388 g/mol. The SMILES string of the molecule is CC(=O)NS(=O)(=O)c1ccc(NC(=O)c2nc(-c3cnccn3)no2)cc1. The van der Waals surface area contributed by atoms with E-state index in [0.29, 0.717) is 11.4 Å². The molecule has 1 aromatic carbocycles. The number of anilines is 1. The summed E-state index contributed by atoms with van der Waals surface area (Å²) in [6.07, 6.45) is 4.34. The number of hydrogen-bond donors (Lipinski definition) is 2. The number of benzene rings is 1.